The number of ether oxygens (including phenoxy) is 1. The first-order valence-corrected chi connectivity index (χ1v) is 4.80. The summed E-state index contributed by atoms with van der Waals surface area (Å²) in [5, 5.41) is 9.22. The molecule has 2 rings (SSSR count). The van der Waals surface area contributed by atoms with Crippen molar-refractivity contribution in [2.45, 2.75) is 6.10 Å². The maximum Gasteiger partial charge on any atom is 0.331 e. The lowest BCUT2D eigenvalue weighted by Crippen LogP contribution is -2.32. The molecule has 0 amide bonds. The van der Waals surface area contributed by atoms with Gasteiger partial charge in [0, 0.05) is 17.9 Å². The molecule has 0 aromatic carbocycles. The van der Waals surface area contributed by atoms with Crippen LogP contribution in [-0.2, 0) is 9.53 Å². The molecule has 74 valence electrons. The van der Waals surface area contributed by atoms with Crippen molar-refractivity contribution in [1.29, 1.82) is 0 Å². The summed E-state index contributed by atoms with van der Waals surface area (Å²) in [6.45, 7) is 0. The van der Waals surface area contributed by atoms with E-state index in [1.807, 2.05) is 0 Å². The summed E-state index contributed by atoms with van der Waals surface area (Å²) in [6.07, 6.45) is 5.89. The van der Waals surface area contributed by atoms with Gasteiger partial charge in [0.1, 0.15) is 11.9 Å². The van der Waals surface area contributed by atoms with E-state index in [1.165, 1.54) is 12.2 Å². The molecule has 0 radical (unpaired) electrons. The van der Waals surface area contributed by atoms with Gasteiger partial charge in [0.05, 0.1) is 0 Å². The van der Waals surface area contributed by atoms with Gasteiger partial charge in [0.25, 0.3) is 0 Å². The molecule has 3 nitrogen and oxygen atoms in total. The zero-order valence-corrected chi connectivity index (χ0v) is 8.07. The number of carbonyl (C=O) groups is 1. The lowest BCUT2D eigenvalue weighted by molar-refractivity contribution is -0.143. The first-order chi connectivity index (χ1) is 6.70. The quantitative estimate of drug-likeness (QED) is 0.532. The Morgan fingerprint density at radius 1 is 1.57 bits per heavy atom. The van der Waals surface area contributed by atoms with Crippen LogP contribution in [0.5, 0.6) is 0 Å². The van der Waals surface area contributed by atoms with E-state index < -0.39 is 12.1 Å². The summed E-state index contributed by atoms with van der Waals surface area (Å²) in [5.41, 5.74) is 0.827. The molecule has 0 fully saturated rings. The summed E-state index contributed by atoms with van der Waals surface area (Å²) >= 11 is 5.71. The topological polar surface area (TPSA) is 46.5 Å². The van der Waals surface area contributed by atoms with E-state index in [2.05, 4.69) is 0 Å². The number of rotatable bonds is 1. The molecule has 1 aliphatic heterocycles. The Morgan fingerprint density at radius 3 is 3.07 bits per heavy atom. The van der Waals surface area contributed by atoms with Gasteiger partial charge in [-0.3, -0.25) is 0 Å². The SMILES string of the molecule is O=C1C=C(CCl)C2C=CC(O)=CC2O1. The van der Waals surface area contributed by atoms with Crippen LogP contribution in [0, 0.1) is 5.92 Å². The summed E-state index contributed by atoms with van der Waals surface area (Å²) in [6, 6.07) is 0. The lowest BCUT2D eigenvalue weighted by Gasteiger charge is -2.29. The third-order valence-electron chi connectivity index (χ3n) is 2.30. The molecule has 1 aliphatic carbocycles. The molecule has 14 heavy (non-hydrogen) atoms. The fraction of sp³-hybridized carbons (Fsp3) is 0.300. The van der Waals surface area contributed by atoms with Crippen molar-refractivity contribution in [3.8, 4) is 0 Å². The Bertz CT molecular complexity index is 354. The highest BCUT2D eigenvalue weighted by Crippen LogP contribution is 2.29. The van der Waals surface area contributed by atoms with Crippen molar-refractivity contribution in [2.24, 2.45) is 5.92 Å². The standard InChI is InChI=1S/C10H9ClO3/c11-5-6-3-10(13)14-9-4-7(12)1-2-8(6)9/h1-4,8-9,12H,5H2. The van der Waals surface area contributed by atoms with Crippen LogP contribution in [0.2, 0.25) is 0 Å². The van der Waals surface area contributed by atoms with Gasteiger partial charge in [0.2, 0.25) is 0 Å². The molecule has 0 aromatic rings. The second-order valence-electron chi connectivity index (χ2n) is 3.23. The summed E-state index contributed by atoms with van der Waals surface area (Å²) < 4.78 is 5.03. The molecule has 2 atom stereocenters. The van der Waals surface area contributed by atoms with Crippen LogP contribution in [0.1, 0.15) is 0 Å². The first kappa shape index (κ1) is 9.34. The number of aliphatic hydroxyl groups excluding tert-OH is 1. The minimum Gasteiger partial charge on any atom is -0.508 e. The smallest absolute Gasteiger partial charge is 0.331 e. The Morgan fingerprint density at radius 2 is 2.36 bits per heavy atom. The van der Waals surface area contributed by atoms with Crippen LogP contribution in [0.4, 0.5) is 0 Å². The van der Waals surface area contributed by atoms with Gasteiger partial charge >= 0.3 is 5.97 Å². The highest BCUT2D eigenvalue weighted by Gasteiger charge is 2.31. The molecule has 0 saturated heterocycles. The summed E-state index contributed by atoms with van der Waals surface area (Å²) in [5.74, 6) is -0.00733. The molecular formula is C10H9ClO3. The third-order valence-corrected chi connectivity index (χ3v) is 2.61. The van der Waals surface area contributed by atoms with E-state index in [9.17, 15) is 9.90 Å². The van der Waals surface area contributed by atoms with Gasteiger partial charge in [-0.15, -0.1) is 11.6 Å². The van der Waals surface area contributed by atoms with Gasteiger partial charge < -0.3 is 9.84 Å². The van der Waals surface area contributed by atoms with Gasteiger partial charge in [-0.1, -0.05) is 6.08 Å². The van der Waals surface area contributed by atoms with Crippen molar-refractivity contribution >= 4 is 17.6 Å². The Labute approximate surface area is 86.3 Å². The van der Waals surface area contributed by atoms with E-state index in [-0.39, 0.29) is 11.7 Å². The number of aliphatic hydroxyl groups is 1. The molecule has 1 heterocycles. The molecule has 0 spiro atoms. The zero-order valence-electron chi connectivity index (χ0n) is 7.31. The van der Waals surface area contributed by atoms with E-state index in [1.54, 1.807) is 12.2 Å². The number of allylic oxidation sites excluding steroid dienone is 1. The number of carbonyl (C=O) groups excluding carboxylic acids is 1. The molecular weight excluding hydrogens is 204 g/mol. The minimum absolute atomic E-state index is 0.0268. The van der Waals surface area contributed by atoms with Crippen LogP contribution in [0.15, 0.2) is 35.6 Å². The predicted octanol–water partition coefficient (Wildman–Crippen LogP) is 1.70. The maximum absolute atomic E-state index is 11.1. The molecule has 0 aromatic heterocycles. The van der Waals surface area contributed by atoms with Gasteiger partial charge in [-0.2, -0.15) is 0 Å². The molecule has 2 aliphatic rings. The number of hydrogen-bond acceptors (Lipinski definition) is 3. The normalized spacial score (nSPS) is 30.2. The number of alkyl halides is 1. The average molecular weight is 213 g/mol. The Hall–Kier alpha value is -1.22. The van der Waals surface area contributed by atoms with E-state index >= 15 is 0 Å². The third kappa shape index (κ3) is 1.55. The monoisotopic (exact) mass is 212 g/mol. The van der Waals surface area contributed by atoms with Crippen molar-refractivity contribution in [2.75, 3.05) is 5.88 Å². The van der Waals surface area contributed by atoms with Crippen LogP contribution < -0.4 is 0 Å². The second kappa shape index (κ2) is 3.50. The van der Waals surface area contributed by atoms with Gasteiger partial charge in [0.15, 0.2) is 0 Å². The van der Waals surface area contributed by atoms with Crippen LogP contribution >= 0.6 is 11.6 Å². The van der Waals surface area contributed by atoms with Crippen molar-refractivity contribution in [1.82, 2.24) is 0 Å². The maximum atomic E-state index is 11.1. The molecule has 4 heteroatoms. The van der Waals surface area contributed by atoms with Gasteiger partial charge in [-0.25, -0.2) is 4.79 Å². The van der Waals surface area contributed by atoms with Crippen LogP contribution in [-0.4, -0.2) is 23.1 Å². The van der Waals surface area contributed by atoms with E-state index in [0.717, 1.165) is 5.57 Å². The largest absolute Gasteiger partial charge is 0.508 e. The van der Waals surface area contributed by atoms with Crippen LogP contribution in [0.3, 0.4) is 0 Å². The lowest BCUT2D eigenvalue weighted by atomic mass is 9.88. The Kier molecular flexibility index (Phi) is 2.33. The first-order valence-electron chi connectivity index (χ1n) is 4.27. The number of fused-ring (bicyclic) bond motifs is 1. The molecule has 2 unspecified atom stereocenters. The Balaban J connectivity index is 2.33. The van der Waals surface area contributed by atoms with E-state index in [0.29, 0.717) is 5.88 Å². The average Bonchev–Trinajstić information content (AvgIpc) is 2.15. The highest BCUT2D eigenvalue weighted by atomic mass is 35.5. The number of esters is 1. The fourth-order valence-corrected chi connectivity index (χ4v) is 1.88. The van der Waals surface area contributed by atoms with E-state index in [4.69, 9.17) is 16.3 Å². The van der Waals surface area contributed by atoms with Crippen molar-refractivity contribution in [3.05, 3.63) is 35.6 Å². The highest BCUT2D eigenvalue weighted by molar-refractivity contribution is 6.19. The minimum atomic E-state index is -0.411. The molecule has 0 bridgehead atoms. The molecule has 0 saturated carbocycles. The summed E-state index contributed by atoms with van der Waals surface area (Å²) in [7, 11) is 0. The zero-order chi connectivity index (χ0) is 10.1. The summed E-state index contributed by atoms with van der Waals surface area (Å²) in [4.78, 5) is 11.1. The number of halogens is 1. The van der Waals surface area contributed by atoms with Crippen LogP contribution in [0.25, 0.3) is 0 Å². The molecule has 1 N–H and O–H groups in total. The van der Waals surface area contributed by atoms with Gasteiger partial charge in [-0.05, 0) is 17.7 Å². The number of hydrogen-bond donors (Lipinski definition) is 1. The second-order valence-corrected chi connectivity index (χ2v) is 3.50. The fourth-order valence-electron chi connectivity index (χ4n) is 1.62. The van der Waals surface area contributed by atoms with Crippen molar-refractivity contribution in [3.63, 3.8) is 0 Å². The predicted molar refractivity (Wildman–Crippen MR) is 52.0 cm³/mol. The van der Waals surface area contributed by atoms with Crippen molar-refractivity contribution < 1.29 is 14.6 Å².